The van der Waals surface area contributed by atoms with Gasteiger partial charge in [-0.3, -0.25) is 14.9 Å². The van der Waals surface area contributed by atoms with E-state index in [9.17, 15) is 14.4 Å². The molecule has 8 heteroatoms. The molecule has 1 heterocycles. The molecule has 3 rings (SSSR count). The zero-order valence-corrected chi connectivity index (χ0v) is 13.7. The van der Waals surface area contributed by atoms with E-state index < -0.39 is 11.9 Å². The molecule has 0 aliphatic carbocycles. The van der Waals surface area contributed by atoms with Crippen LogP contribution in [0, 0.1) is 0 Å². The van der Waals surface area contributed by atoms with Gasteiger partial charge in [-0.2, -0.15) is 0 Å². The lowest BCUT2D eigenvalue weighted by atomic mass is 10.2. The number of amides is 2. The third-order valence-corrected chi connectivity index (χ3v) is 3.84. The Labute approximate surface area is 148 Å². The number of aromatic nitrogens is 2. The van der Waals surface area contributed by atoms with Crippen molar-refractivity contribution in [3.8, 4) is 0 Å². The zero-order chi connectivity index (χ0) is 18.7. The highest BCUT2D eigenvalue weighted by molar-refractivity contribution is 6.04. The Balaban J connectivity index is 2.01. The van der Waals surface area contributed by atoms with E-state index in [1.165, 1.54) is 12.1 Å². The number of nitrogens with zero attached hydrogens (tertiary/aromatic N) is 2. The number of aryl methyl sites for hydroxylation is 1. The second kappa shape index (κ2) is 7.06. The van der Waals surface area contributed by atoms with Gasteiger partial charge in [0.25, 0.3) is 5.91 Å². The number of hydrogen-bond acceptors (Lipinski definition) is 4. The predicted molar refractivity (Wildman–Crippen MR) is 94.9 cm³/mol. The molecular weight excluding hydrogens is 336 g/mol. The van der Waals surface area contributed by atoms with Crippen LogP contribution in [0.25, 0.3) is 11.0 Å². The molecule has 2 amide bonds. The number of rotatable bonds is 6. The summed E-state index contributed by atoms with van der Waals surface area (Å²) < 4.78 is 1.63. The van der Waals surface area contributed by atoms with E-state index in [1.807, 2.05) is 0 Å². The number of imidazole rings is 1. The summed E-state index contributed by atoms with van der Waals surface area (Å²) in [7, 11) is 0. The van der Waals surface area contributed by atoms with Gasteiger partial charge in [0.1, 0.15) is 0 Å². The molecule has 0 saturated heterocycles. The quantitative estimate of drug-likeness (QED) is 0.624. The van der Waals surface area contributed by atoms with Gasteiger partial charge in [0.2, 0.25) is 11.9 Å². The molecule has 0 atom stereocenters. The summed E-state index contributed by atoms with van der Waals surface area (Å²) >= 11 is 0. The van der Waals surface area contributed by atoms with E-state index in [0.29, 0.717) is 16.6 Å². The smallest absolute Gasteiger partial charge is 0.335 e. The van der Waals surface area contributed by atoms with Crippen LogP contribution in [0.2, 0.25) is 0 Å². The predicted octanol–water partition coefficient (Wildman–Crippen LogP) is 1.86. The van der Waals surface area contributed by atoms with Gasteiger partial charge in [-0.15, -0.1) is 0 Å². The summed E-state index contributed by atoms with van der Waals surface area (Å²) in [5.74, 6) is -1.71. The molecule has 0 radical (unpaired) electrons. The molecule has 0 saturated carbocycles. The van der Waals surface area contributed by atoms with Crippen LogP contribution in [-0.4, -0.2) is 32.4 Å². The topological polar surface area (TPSA) is 127 Å². The molecule has 3 aromatic rings. The minimum Gasteiger partial charge on any atom is -0.478 e. The number of hydrogen-bond donors (Lipinski definition) is 3. The van der Waals surface area contributed by atoms with Crippen LogP contribution in [0.5, 0.6) is 0 Å². The number of nitrogens with one attached hydrogen (secondary N) is 1. The Kier molecular flexibility index (Phi) is 4.66. The van der Waals surface area contributed by atoms with Crippen LogP contribution < -0.4 is 11.1 Å². The number of carbonyl (C=O) groups excluding carboxylic acids is 2. The lowest BCUT2D eigenvalue weighted by Crippen LogP contribution is -2.18. The van der Waals surface area contributed by atoms with Gasteiger partial charge in [-0.25, -0.2) is 9.78 Å². The molecule has 0 aliphatic rings. The molecule has 1 aromatic heterocycles. The number of carboxylic acid groups (broad SMARTS) is 1. The zero-order valence-electron chi connectivity index (χ0n) is 13.7. The molecule has 4 N–H and O–H groups in total. The van der Waals surface area contributed by atoms with Crippen LogP contribution in [0.1, 0.15) is 27.1 Å². The number of carbonyl (C=O) groups is 3. The highest BCUT2D eigenvalue weighted by atomic mass is 16.4. The third-order valence-electron chi connectivity index (χ3n) is 3.84. The van der Waals surface area contributed by atoms with Crippen molar-refractivity contribution in [2.24, 2.45) is 5.73 Å². The largest absolute Gasteiger partial charge is 0.478 e. The molecule has 26 heavy (non-hydrogen) atoms. The number of anilines is 1. The second-order valence-electron chi connectivity index (χ2n) is 5.63. The summed E-state index contributed by atoms with van der Waals surface area (Å²) in [6, 6.07) is 13.0. The van der Waals surface area contributed by atoms with Crippen molar-refractivity contribution in [1.29, 1.82) is 0 Å². The lowest BCUT2D eigenvalue weighted by Gasteiger charge is -2.09. The Morgan fingerprint density at radius 2 is 1.81 bits per heavy atom. The van der Waals surface area contributed by atoms with Crippen molar-refractivity contribution in [3.63, 3.8) is 0 Å². The second-order valence-corrected chi connectivity index (χ2v) is 5.63. The maximum atomic E-state index is 12.4. The number of aromatic carboxylic acids is 1. The Hall–Kier alpha value is -3.68. The summed E-state index contributed by atoms with van der Waals surface area (Å²) in [5, 5.41) is 11.8. The summed E-state index contributed by atoms with van der Waals surface area (Å²) in [6.07, 6.45) is 0.0559. The SMILES string of the molecule is NC(=O)CCn1c(NC(=O)c2ccccc2)nc2cc(C(=O)O)ccc21. The van der Waals surface area contributed by atoms with Crippen molar-refractivity contribution in [3.05, 3.63) is 59.7 Å². The first-order valence-electron chi connectivity index (χ1n) is 7.84. The fourth-order valence-corrected chi connectivity index (χ4v) is 2.57. The van der Waals surface area contributed by atoms with Gasteiger partial charge >= 0.3 is 5.97 Å². The Bertz CT molecular complexity index is 995. The molecule has 0 aliphatic heterocycles. The maximum absolute atomic E-state index is 12.4. The fraction of sp³-hybridized carbons (Fsp3) is 0.111. The Morgan fingerprint density at radius 3 is 2.46 bits per heavy atom. The number of primary amides is 1. The average Bonchev–Trinajstić information content (AvgIpc) is 2.96. The average molecular weight is 352 g/mol. The van der Waals surface area contributed by atoms with Crippen LogP contribution in [0.4, 0.5) is 5.95 Å². The van der Waals surface area contributed by atoms with Crippen LogP contribution in [0.15, 0.2) is 48.5 Å². The standard InChI is InChI=1S/C18H16N4O4/c19-15(23)8-9-22-14-7-6-12(17(25)26)10-13(14)20-18(22)21-16(24)11-4-2-1-3-5-11/h1-7,10H,8-9H2,(H2,19,23)(H,25,26)(H,20,21,24). The van der Waals surface area contributed by atoms with Crippen LogP contribution >= 0.6 is 0 Å². The van der Waals surface area contributed by atoms with E-state index in [4.69, 9.17) is 10.8 Å². The third kappa shape index (κ3) is 3.54. The molecule has 0 fully saturated rings. The monoisotopic (exact) mass is 352 g/mol. The van der Waals surface area contributed by atoms with E-state index in [-0.39, 0.29) is 30.4 Å². The van der Waals surface area contributed by atoms with Gasteiger partial charge in [0, 0.05) is 18.5 Å². The minimum atomic E-state index is -1.08. The molecule has 0 unspecified atom stereocenters. The first kappa shape index (κ1) is 17.2. The number of benzene rings is 2. The number of nitrogens with two attached hydrogens (primary N) is 1. The van der Waals surface area contributed by atoms with Crippen LogP contribution in [-0.2, 0) is 11.3 Å². The van der Waals surface area contributed by atoms with E-state index >= 15 is 0 Å². The van der Waals surface area contributed by atoms with Crippen molar-refractivity contribution in [2.75, 3.05) is 5.32 Å². The first-order chi connectivity index (χ1) is 12.5. The fourth-order valence-electron chi connectivity index (χ4n) is 2.57. The van der Waals surface area contributed by atoms with Crippen LogP contribution in [0.3, 0.4) is 0 Å². The summed E-state index contributed by atoms with van der Waals surface area (Å²) in [4.78, 5) is 39.0. The molecule has 132 valence electrons. The minimum absolute atomic E-state index is 0.0559. The first-order valence-corrected chi connectivity index (χ1v) is 7.84. The van der Waals surface area contributed by atoms with Gasteiger partial charge in [0.15, 0.2) is 0 Å². The van der Waals surface area contributed by atoms with E-state index in [1.54, 1.807) is 41.0 Å². The van der Waals surface area contributed by atoms with Crippen molar-refractivity contribution >= 4 is 34.8 Å². The van der Waals surface area contributed by atoms with Gasteiger partial charge < -0.3 is 15.4 Å². The lowest BCUT2D eigenvalue weighted by molar-refractivity contribution is -0.118. The van der Waals surface area contributed by atoms with Crippen molar-refractivity contribution in [2.45, 2.75) is 13.0 Å². The normalized spacial score (nSPS) is 10.6. The van der Waals surface area contributed by atoms with Gasteiger partial charge in [-0.05, 0) is 30.3 Å². The molecule has 8 nitrogen and oxygen atoms in total. The van der Waals surface area contributed by atoms with E-state index in [0.717, 1.165) is 0 Å². The molecule has 0 spiro atoms. The van der Waals surface area contributed by atoms with Gasteiger partial charge in [0.05, 0.1) is 16.6 Å². The number of carboxylic acids is 1. The highest BCUT2D eigenvalue weighted by Gasteiger charge is 2.16. The maximum Gasteiger partial charge on any atom is 0.335 e. The number of fused-ring (bicyclic) bond motifs is 1. The molecule has 0 bridgehead atoms. The van der Waals surface area contributed by atoms with Gasteiger partial charge in [-0.1, -0.05) is 18.2 Å². The van der Waals surface area contributed by atoms with E-state index in [2.05, 4.69) is 10.3 Å². The summed E-state index contributed by atoms with van der Waals surface area (Å²) in [6.45, 7) is 0.211. The van der Waals surface area contributed by atoms with Crippen molar-refractivity contribution in [1.82, 2.24) is 9.55 Å². The summed E-state index contributed by atoms with van der Waals surface area (Å²) in [5.41, 5.74) is 6.75. The van der Waals surface area contributed by atoms with Crippen molar-refractivity contribution < 1.29 is 19.5 Å². The highest BCUT2D eigenvalue weighted by Crippen LogP contribution is 2.22. The molecule has 2 aromatic carbocycles. The molecular formula is C18H16N4O4. The Morgan fingerprint density at radius 1 is 1.08 bits per heavy atom.